The zero-order valence-electron chi connectivity index (χ0n) is 15.6. The Kier molecular flexibility index (Phi) is 5.29. The Hall–Kier alpha value is -1.82. The van der Waals surface area contributed by atoms with E-state index in [2.05, 4.69) is 51.1 Å². The van der Waals surface area contributed by atoms with E-state index in [1.807, 2.05) is 24.5 Å². The quantitative estimate of drug-likeness (QED) is 0.828. The van der Waals surface area contributed by atoms with E-state index in [9.17, 15) is 0 Å². The van der Waals surface area contributed by atoms with Crippen LogP contribution in [0, 0.1) is 0 Å². The zero-order chi connectivity index (χ0) is 17.8. The first kappa shape index (κ1) is 17.6. The van der Waals surface area contributed by atoms with Crippen LogP contribution in [0.15, 0.2) is 48.8 Å². The Morgan fingerprint density at radius 3 is 2.42 bits per heavy atom. The van der Waals surface area contributed by atoms with Gasteiger partial charge >= 0.3 is 0 Å². The van der Waals surface area contributed by atoms with Gasteiger partial charge in [-0.2, -0.15) is 0 Å². The lowest BCUT2D eigenvalue weighted by molar-refractivity contribution is -0.0454. The molecule has 2 fully saturated rings. The summed E-state index contributed by atoms with van der Waals surface area (Å²) in [4.78, 5) is 13.8. The van der Waals surface area contributed by atoms with Gasteiger partial charge in [-0.3, -0.25) is 19.8 Å². The van der Waals surface area contributed by atoms with Gasteiger partial charge in [-0.05, 0) is 50.6 Å². The van der Waals surface area contributed by atoms with E-state index >= 15 is 0 Å². The molecule has 0 amide bonds. The summed E-state index contributed by atoms with van der Waals surface area (Å²) in [5.74, 6) is 0. The normalized spacial score (nSPS) is 22.9. The van der Waals surface area contributed by atoms with E-state index in [0.29, 0.717) is 6.04 Å². The molecule has 2 aliphatic heterocycles. The molecule has 4 rings (SSSR count). The van der Waals surface area contributed by atoms with Crippen molar-refractivity contribution in [2.75, 3.05) is 26.7 Å². The summed E-state index contributed by atoms with van der Waals surface area (Å²) in [5, 5.41) is 0. The fraction of sp³-hybridized carbons (Fsp3) is 0.524. The lowest BCUT2D eigenvalue weighted by Gasteiger charge is -2.38. The van der Waals surface area contributed by atoms with Crippen LogP contribution in [0.1, 0.15) is 30.7 Å². The number of likely N-dealkylation sites (N-methyl/N-ethyl adjacent to an activating group) is 1. The number of piperidine rings is 1. The van der Waals surface area contributed by atoms with Crippen molar-refractivity contribution in [3.63, 3.8) is 0 Å². The van der Waals surface area contributed by atoms with Crippen LogP contribution in [-0.2, 0) is 17.8 Å². The van der Waals surface area contributed by atoms with Crippen molar-refractivity contribution in [2.24, 2.45) is 0 Å². The highest BCUT2D eigenvalue weighted by molar-refractivity contribution is 5.06. The second-order valence-electron chi connectivity index (χ2n) is 7.69. The number of hydrogen-bond acceptors (Lipinski definition) is 5. The highest BCUT2D eigenvalue weighted by atomic mass is 16.5. The summed E-state index contributed by atoms with van der Waals surface area (Å²) < 4.78 is 6.35. The molecule has 0 unspecified atom stereocenters. The van der Waals surface area contributed by atoms with Gasteiger partial charge in [0.25, 0.3) is 0 Å². The van der Waals surface area contributed by atoms with Crippen LogP contribution in [0.2, 0.25) is 0 Å². The number of pyridine rings is 2. The van der Waals surface area contributed by atoms with Gasteiger partial charge in [-0.15, -0.1) is 0 Å². The SMILES string of the molecule is CN(Cc1ccccn1)[C@@H]1COC2(CCN(Cc3ccccn3)CC2)C1. The van der Waals surface area contributed by atoms with Gasteiger partial charge < -0.3 is 4.74 Å². The lowest BCUT2D eigenvalue weighted by Crippen LogP contribution is -2.44. The molecule has 26 heavy (non-hydrogen) atoms. The number of aromatic nitrogens is 2. The summed E-state index contributed by atoms with van der Waals surface area (Å²) in [6, 6.07) is 12.8. The molecule has 0 aromatic carbocycles. The summed E-state index contributed by atoms with van der Waals surface area (Å²) in [6.45, 7) is 4.85. The van der Waals surface area contributed by atoms with Crippen LogP contribution >= 0.6 is 0 Å². The third-order valence-electron chi connectivity index (χ3n) is 5.83. The Balaban J connectivity index is 1.28. The van der Waals surface area contributed by atoms with Gasteiger partial charge in [0.05, 0.1) is 23.6 Å². The maximum absolute atomic E-state index is 6.35. The predicted octanol–water partition coefficient (Wildman–Crippen LogP) is 2.73. The largest absolute Gasteiger partial charge is 0.373 e. The van der Waals surface area contributed by atoms with Gasteiger partial charge in [0, 0.05) is 44.6 Å². The third-order valence-corrected chi connectivity index (χ3v) is 5.83. The molecule has 138 valence electrons. The second kappa shape index (κ2) is 7.82. The molecule has 4 heterocycles. The lowest BCUT2D eigenvalue weighted by atomic mass is 9.87. The minimum atomic E-state index is 0.0731. The molecule has 2 aliphatic rings. The fourth-order valence-corrected chi connectivity index (χ4v) is 4.17. The monoisotopic (exact) mass is 352 g/mol. The average molecular weight is 352 g/mol. The molecule has 0 aliphatic carbocycles. The van der Waals surface area contributed by atoms with Crippen LogP contribution < -0.4 is 0 Å². The minimum absolute atomic E-state index is 0.0731. The number of ether oxygens (including phenoxy) is 1. The Bertz CT molecular complexity index is 686. The van der Waals surface area contributed by atoms with E-state index in [0.717, 1.165) is 63.4 Å². The number of rotatable bonds is 5. The third kappa shape index (κ3) is 4.11. The molecule has 0 N–H and O–H groups in total. The topological polar surface area (TPSA) is 41.5 Å². The minimum Gasteiger partial charge on any atom is -0.373 e. The maximum Gasteiger partial charge on any atom is 0.0723 e. The van der Waals surface area contributed by atoms with Crippen molar-refractivity contribution in [3.05, 3.63) is 60.2 Å². The van der Waals surface area contributed by atoms with Crippen molar-refractivity contribution in [2.45, 2.75) is 44.0 Å². The van der Waals surface area contributed by atoms with Gasteiger partial charge in [-0.25, -0.2) is 0 Å². The van der Waals surface area contributed by atoms with Crippen molar-refractivity contribution < 1.29 is 4.74 Å². The Labute approximate surface area is 156 Å². The van der Waals surface area contributed by atoms with Crippen LogP contribution in [-0.4, -0.2) is 58.2 Å². The zero-order valence-corrected chi connectivity index (χ0v) is 15.6. The van der Waals surface area contributed by atoms with E-state index < -0.39 is 0 Å². The molecule has 2 saturated heterocycles. The maximum atomic E-state index is 6.35. The first-order chi connectivity index (χ1) is 12.7. The number of hydrogen-bond donors (Lipinski definition) is 0. The number of nitrogens with zero attached hydrogens (tertiary/aromatic N) is 4. The standard InChI is InChI=1S/C21H28N4O/c1-24(15-18-6-2-4-10-22-18)20-14-21(26-17-20)8-12-25(13-9-21)16-19-7-3-5-11-23-19/h2-7,10-11,20H,8-9,12-17H2,1H3/t20-/m0/s1. The van der Waals surface area contributed by atoms with Crippen molar-refractivity contribution in [1.29, 1.82) is 0 Å². The molecule has 5 heteroatoms. The van der Waals surface area contributed by atoms with Gasteiger partial charge in [0.2, 0.25) is 0 Å². The fourth-order valence-electron chi connectivity index (χ4n) is 4.17. The van der Waals surface area contributed by atoms with Crippen LogP contribution in [0.3, 0.4) is 0 Å². The van der Waals surface area contributed by atoms with E-state index in [1.165, 1.54) is 0 Å². The van der Waals surface area contributed by atoms with Crippen molar-refractivity contribution in [1.82, 2.24) is 19.8 Å². The van der Waals surface area contributed by atoms with Gasteiger partial charge in [-0.1, -0.05) is 12.1 Å². The molecule has 1 spiro atoms. The molecule has 0 radical (unpaired) electrons. The molecule has 1 atom stereocenters. The summed E-state index contributed by atoms with van der Waals surface area (Å²) >= 11 is 0. The summed E-state index contributed by atoms with van der Waals surface area (Å²) in [6.07, 6.45) is 7.12. The highest BCUT2D eigenvalue weighted by Gasteiger charge is 2.43. The predicted molar refractivity (Wildman–Crippen MR) is 102 cm³/mol. The molecule has 0 bridgehead atoms. The van der Waals surface area contributed by atoms with E-state index in [4.69, 9.17) is 4.74 Å². The smallest absolute Gasteiger partial charge is 0.0723 e. The molecule has 2 aromatic heterocycles. The molecule has 2 aromatic rings. The van der Waals surface area contributed by atoms with Crippen LogP contribution in [0.25, 0.3) is 0 Å². The molecule has 0 saturated carbocycles. The molecular weight excluding hydrogens is 324 g/mol. The van der Waals surface area contributed by atoms with E-state index in [1.54, 1.807) is 0 Å². The average Bonchev–Trinajstić information content (AvgIpc) is 3.10. The van der Waals surface area contributed by atoms with Crippen molar-refractivity contribution >= 4 is 0 Å². The summed E-state index contributed by atoms with van der Waals surface area (Å²) in [5.41, 5.74) is 2.36. The first-order valence-electron chi connectivity index (χ1n) is 9.59. The summed E-state index contributed by atoms with van der Waals surface area (Å²) in [7, 11) is 2.19. The second-order valence-corrected chi connectivity index (χ2v) is 7.69. The van der Waals surface area contributed by atoms with Crippen molar-refractivity contribution in [3.8, 4) is 0 Å². The van der Waals surface area contributed by atoms with Crippen LogP contribution in [0.4, 0.5) is 0 Å². The molecule has 5 nitrogen and oxygen atoms in total. The highest BCUT2D eigenvalue weighted by Crippen LogP contribution is 2.37. The van der Waals surface area contributed by atoms with Crippen LogP contribution in [0.5, 0.6) is 0 Å². The van der Waals surface area contributed by atoms with Gasteiger partial charge in [0.15, 0.2) is 0 Å². The molecular formula is C21H28N4O. The Morgan fingerprint density at radius 1 is 1.08 bits per heavy atom. The Morgan fingerprint density at radius 2 is 1.77 bits per heavy atom. The number of likely N-dealkylation sites (tertiary alicyclic amines) is 1. The van der Waals surface area contributed by atoms with E-state index in [-0.39, 0.29) is 5.60 Å². The first-order valence-corrected chi connectivity index (χ1v) is 9.59. The van der Waals surface area contributed by atoms with Gasteiger partial charge in [0.1, 0.15) is 0 Å².